The maximum absolute atomic E-state index is 7.38. The zero-order valence-electron chi connectivity index (χ0n) is 26.0. The molecule has 4 heteroatoms. The van der Waals surface area contributed by atoms with E-state index in [0.717, 1.165) is 50.1 Å². The third-order valence-electron chi connectivity index (χ3n) is 8.54. The van der Waals surface area contributed by atoms with Crippen LogP contribution in [0, 0.1) is 6.57 Å². The highest BCUT2D eigenvalue weighted by atomic mass is 15.0. The van der Waals surface area contributed by atoms with Crippen molar-refractivity contribution < 1.29 is 0 Å². The van der Waals surface area contributed by atoms with Gasteiger partial charge in [0.25, 0.3) is 0 Å². The van der Waals surface area contributed by atoms with Gasteiger partial charge < -0.3 is 0 Å². The molecule has 1 heterocycles. The van der Waals surface area contributed by atoms with Crippen LogP contribution in [0.5, 0.6) is 0 Å². The van der Waals surface area contributed by atoms with Crippen LogP contribution in [0.4, 0.5) is 5.69 Å². The molecule has 0 amide bonds. The van der Waals surface area contributed by atoms with Crippen molar-refractivity contribution in [3.63, 3.8) is 0 Å². The van der Waals surface area contributed by atoms with Crippen molar-refractivity contribution >= 4 is 16.5 Å². The Morgan fingerprint density at radius 2 is 0.833 bits per heavy atom. The van der Waals surface area contributed by atoms with E-state index in [2.05, 4.69) is 89.8 Å². The van der Waals surface area contributed by atoms with Crippen molar-refractivity contribution in [1.29, 1.82) is 0 Å². The van der Waals surface area contributed by atoms with Crippen LogP contribution in [-0.2, 0) is 0 Å². The molecule has 1 aromatic heterocycles. The fraction of sp³-hybridized carbons (Fsp3) is 0. The first-order valence-electron chi connectivity index (χ1n) is 15.8. The van der Waals surface area contributed by atoms with Gasteiger partial charge in [-0.3, -0.25) is 0 Å². The zero-order chi connectivity index (χ0) is 32.3. The smallest absolute Gasteiger partial charge is 0.187 e. The minimum Gasteiger partial charge on any atom is -0.238 e. The first kappa shape index (κ1) is 28.8. The summed E-state index contributed by atoms with van der Waals surface area (Å²) in [5.74, 6) is 1.91. The second-order valence-corrected chi connectivity index (χ2v) is 11.6. The standard InChI is InChI=1S/C44H28N4/c1-45-38-21-9-18-35(29-38)30-24-26-31(27-25-30)39-22-10-16-32-17-11-23-40(41(32)39)36-19-8-20-37(28-36)44-47-42(33-12-4-2-5-13-33)46-43(48-44)34-14-6-3-7-15-34/h2-29H. The first-order chi connectivity index (χ1) is 23.7. The molecule has 0 saturated heterocycles. The summed E-state index contributed by atoms with van der Waals surface area (Å²) in [5.41, 5.74) is 10.1. The van der Waals surface area contributed by atoms with E-state index >= 15 is 0 Å². The van der Waals surface area contributed by atoms with E-state index in [9.17, 15) is 0 Å². The zero-order valence-corrected chi connectivity index (χ0v) is 26.0. The van der Waals surface area contributed by atoms with Crippen molar-refractivity contribution in [3.05, 3.63) is 181 Å². The highest BCUT2D eigenvalue weighted by molar-refractivity contribution is 6.06. The van der Waals surface area contributed by atoms with Crippen molar-refractivity contribution in [3.8, 4) is 67.5 Å². The van der Waals surface area contributed by atoms with Gasteiger partial charge in [-0.15, -0.1) is 0 Å². The molecule has 0 unspecified atom stereocenters. The fourth-order valence-corrected chi connectivity index (χ4v) is 6.18. The van der Waals surface area contributed by atoms with Crippen LogP contribution in [0.15, 0.2) is 170 Å². The van der Waals surface area contributed by atoms with Crippen LogP contribution >= 0.6 is 0 Å². The summed E-state index contributed by atoms with van der Waals surface area (Å²) in [4.78, 5) is 18.4. The molecule has 4 nitrogen and oxygen atoms in total. The maximum atomic E-state index is 7.38. The lowest BCUT2D eigenvalue weighted by Crippen LogP contribution is -2.00. The largest absolute Gasteiger partial charge is 0.238 e. The third kappa shape index (κ3) is 5.62. The van der Waals surface area contributed by atoms with Gasteiger partial charge in [0.2, 0.25) is 0 Å². The molecule has 7 aromatic carbocycles. The van der Waals surface area contributed by atoms with Gasteiger partial charge in [0.1, 0.15) is 0 Å². The van der Waals surface area contributed by atoms with Crippen LogP contribution < -0.4 is 0 Å². The highest BCUT2D eigenvalue weighted by Crippen LogP contribution is 2.38. The Morgan fingerprint density at radius 3 is 1.46 bits per heavy atom. The average molecular weight is 613 g/mol. The molecule has 8 aromatic rings. The molecule has 0 spiro atoms. The number of benzene rings is 7. The van der Waals surface area contributed by atoms with Gasteiger partial charge in [-0.1, -0.05) is 158 Å². The SMILES string of the molecule is [C-]#[N+]c1cccc(-c2ccc(-c3cccc4cccc(-c5cccc(-c6nc(-c7ccccc7)nc(-c7ccccc7)n6)c5)c34)cc2)c1. The Kier molecular flexibility index (Phi) is 7.54. The molecular formula is C44H28N4. The highest BCUT2D eigenvalue weighted by Gasteiger charge is 2.15. The predicted octanol–water partition coefficient (Wildman–Crippen LogP) is 11.6. The minimum absolute atomic E-state index is 0.628. The van der Waals surface area contributed by atoms with E-state index in [1.807, 2.05) is 84.9 Å². The van der Waals surface area contributed by atoms with Crippen LogP contribution in [0.25, 0.3) is 83.2 Å². The summed E-state index contributed by atoms with van der Waals surface area (Å²) in [6, 6.07) is 57.9. The summed E-state index contributed by atoms with van der Waals surface area (Å²) in [6.45, 7) is 7.38. The lowest BCUT2D eigenvalue weighted by atomic mass is 9.90. The number of rotatable bonds is 6. The van der Waals surface area contributed by atoms with E-state index in [1.54, 1.807) is 0 Å². The van der Waals surface area contributed by atoms with Crippen molar-refractivity contribution in [2.45, 2.75) is 0 Å². The number of hydrogen-bond donors (Lipinski definition) is 0. The summed E-state index contributed by atoms with van der Waals surface area (Å²) in [5, 5.41) is 2.35. The topological polar surface area (TPSA) is 43.0 Å². The van der Waals surface area contributed by atoms with Crippen molar-refractivity contribution in [1.82, 2.24) is 15.0 Å². The molecule has 0 aliphatic rings. The summed E-state index contributed by atoms with van der Waals surface area (Å²) >= 11 is 0. The number of hydrogen-bond acceptors (Lipinski definition) is 3. The Bertz CT molecular complexity index is 2380. The third-order valence-corrected chi connectivity index (χ3v) is 8.54. The second kappa shape index (κ2) is 12.6. The van der Waals surface area contributed by atoms with Gasteiger partial charge in [0.15, 0.2) is 23.2 Å². The molecule has 0 fully saturated rings. The fourth-order valence-electron chi connectivity index (χ4n) is 6.18. The van der Waals surface area contributed by atoms with E-state index in [0.29, 0.717) is 23.2 Å². The van der Waals surface area contributed by atoms with Crippen molar-refractivity contribution in [2.24, 2.45) is 0 Å². The maximum Gasteiger partial charge on any atom is 0.187 e. The normalized spacial score (nSPS) is 10.9. The average Bonchev–Trinajstić information content (AvgIpc) is 3.18. The van der Waals surface area contributed by atoms with Crippen molar-refractivity contribution in [2.75, 3.05) is 0 Å². The van der Waals surface area contributed by atoms with E-state index in [4.69, 9.17) is 21.5 Å². The van der Waals surface area contributed by atoms with Crippen LogP contribution in [0.2, 0.25) is 0 Å². The Balaban J connectivity index is 1.23. The van der Waals surface area contributed by atoms with E-state index in [1.165, 1.54) is 10.8 Å². The Hall–Kier alpha value is -6.70. The molecule has 0 saturated carbocycles. The second-order valence-electron chi connectivity index (χ2n) is 11.6. The molecule has 224 valence electrons. The van der Waals surface area contributed by atoms with Gasteiger partial charge in [-0.25, -0.2) is 19.8 Å². The lowest BCUT2D eigenvalue weighted by molar-refractivity contribution is 1.07. The van der Waals surface area contributed by atoms with Gasteiger partial charge in [0, 0.05) is 16.7 Å². The molecular weight excluding hydrogens is 585 g/mol. The monoisotopic (exact) mass is 612 g/mol. The van der Waals surface area contributed by atoms with Crippen LogP contribution in [0.3, 0.4) is 0 Å². The lowest BCUT2D eigenvalue weighted by Gasteiger charge is -2.14. The van der Waals surface area contributed by atoms with E-state index < -0.39 is 0 Å². The minimum atomic E-state index is 0.628. The molecule has 8 rings (SSSR count). The quantitative estimate of drug-likeness (QED) is 0.175. The molecule has 0 radical (unpaired) electrons. The summed E-state index contributed by atoms with van der Waals surface area (Å²) in [6.07, 6.45) is 0. The summed E-state index contributed by atoms with van der Waals surface area (Å²) in [7, 11) is 0. The van der Waals surface area contributed by atoms with Gasteiger partial charge in [-0.05, 0) is 56.3 Å². The number of fused-ring (bicyclic) bond motifs is 1. The molecule has 0 aliphatic carbocycles. The Labute approximate surface area is 279 Å². The first-order valence-corrected chi connectivity index (χ1v) is 15.8. The molecule has 48 heavy (non-hydrogen) atoms. The van der Waals surface area contributed by atoms with Gasteiger partial charge in [-0.2, -0.15) is 0 Å². The van der Waals surface area contributed by atoms with Gasteiger partial charge in [0.05, 0.1) is 6.57 Å². The molecule has 0 bridgehead atoms. The molecule has 0 N–H and O–H groups in total. The van der Waals surface area contributed by atoms with Gasteiger partial charge >= 0.3 is 0 Å². The van der Waals surface area contributed by atoms with Crippen LogP contribution in [-0.4, -0.2) is 15.0 Å². The van der Waals surface area contributed by atoms with Crippen LogP contribution in [0.1, 0.15) is 0 Å². The molecule has 0 atom stereocenters. The number of aromatic nitrogens is 3. The Morgan fingerprint density at radius 1 is 0.354 bits per heavy atom. The number of nitrogens with zero attached hydrogens (tertiary/aromatic N) is 4. The summed E-state index contributed by atoms with van der Waals surface area (Å²) < 4.78 is 0. The van der Waals surface area contributed by atoms with E-state index in [-0.39, 0.29) is 0 Å². The predicted molar refractivity (Wildman–Crippen MR) is 196 cm³/mol. The molecule has 0 aliphatic heterocycles.